The van der Waals surface area contributed by atoms with Crippen molar-refractivity contribution in [2.45, 2.75) is 32.2 Å². The van der Waals surface area contributed by atoms with E-state index < -0.39 is 0 Å². The quantitative estimate of drug-likeness (QED) is 0.635. The number of piperidine rings is 1. The molecule has 1 atom stereocenters. The molecule has 2 N–H and O–H groups in total. The van der Waals surface area contributed by atoms with E-state index in [2.05, 4.69) is 10.6 Å². The van der Waals surface area contributed by atoms with Crippen LogP contribution in [0.1, 0.15) is 24.8 Å². The zero-order chi connectivity index (χ0) is 13.0. The van der Waals surface area contributed by atoms with Crippen LogP contribution in [-0.2, 0) is 0 Å². The monoisotopic (exact) mass is 249 g/mol. The number of anilines is 1. The molecule has 1 saturated heterocycles. The van der Waals surface area contributed by atoms with Crippen LogP contribution in [-0.4, -0.2) is 24.1 Å². The molecule has 18 heavy (non-hydrogen) atoms. The highest BCUT2D eigenvalue weighted by atomic mass is 16.6. The van der Waals surface area contributed by atoms with Crippen LogP contribution in [0.4, 0.5) is 11.4 Å². The second-order valence-electron chi connectivity index (χ2n) is 4.78. The molecule has 1 unspecified atom stereocenters. The van der Waals surface area contributed by atoms with Crippen molar-refractivity contribution in [1.82, 2.24) is 5.32 Å². The Balaban J connectivity index is 1.99. The van der Waals surface area contributed by atoms with Gasteiger partial charge < -0.3 is 10.6 Å². The van der Waals surface area contributed by atoms with E-state index >= 15 is 0 Å². The lowest BCUT2D eigenvalue weighted by atomic mass is 10.0. The predicted molar refractivity (Wildman–Crippen MR) is 72.0 cm³/mol. The Hall–Kier alpha value is -1.62. The summed E-state index contributed by atoms with van der Waals surface area (Å²) >= 11 is 0. The maximum atomic E-state index is 10.7. The van der Waals surface area contributed by atoms with E-state index in [0.29, 0.717) is 6.04 Å². The first-order valence-electron chi connectivity index (χ1n) is 6.39. The van der Waals surface area contributed by atoms with Crippen molar-refractivity contribution in [3.63, 3.8) is 0 Å². The molecule has 0 aromatic heterocycles. The highest BCUT2D eigenvalue weighted by Crippen LogP contribution is 2.22. The minimum Gasteiger partial charge on any atom is -0.383 e. The molecule has 0 amide bonds. The smallest absolute Gasteiger partial charge is 0.271 e. The van der Waals surface area contributed by atoms with Crippen molar-refractivity contribution in [2.75, 3.05) is 18.4 Å². The van der Waals surface area contributed by atoms with Crippen molar-refractivity contribution in [1.29, 1.82) is 0 Å². The maximum Gasteiger partial charge on any atom is 0.271 e. The third kappa shape index (κ3) is 3.20. The van der Waals surface area contributed by atoms with Crippen LogP contribution in [0.5, 0.6) is 0 Å². The summed E-state index contributed by atoms with van der Waals surface area (Å²) in [5.41, 5.74) is 2.03. The lowest BCUT2D eigenvalue weighted by molar-refractivity contribution is -0.384. The third-order valence-corrected chi connectivity index (χ3v) is 3.38. The second-order valence-corrected chi connectivity index (χ2v) is 4.78. The average molecular weight is 249 g/mol. The maximum absolute atomic E-state index is 10.7. The zero-order valence-electron chi connectivity index (χ0n) is 10.6. The molecule has 5 nitrogen and oxygen atoms in total. The standard InChI is InChI=1S/C13H19N3O2/c1-10-5-6-12(16(17)18)8-13(10)15-9-11-4-2-3-7-14-11/h5-6,8,11,14-15H,2-4,7,9H2,1H3. The summed E-state index contributed by atoms with van der Waals surface area (Å²) in [5, 5.41) is 17.5. The summed E-state index contributed by atoms with van der Waals surface area (Å²) in [4.78, 5) is 10.4. The summed E-state index contributed by atoms with van der Waals surface area (Å²) in [6.07, 6.45) is 3.67. The highest BCUT2D eigenvalue weighted by molar-refractivity contribution is 5.56. The van der Waals surface area contributed by atoms with Crippen LogP contribution in [0.15, 0.2) is 18.2 Å². The van der Waals surface area contributed by atoms with E-state index in [9.17, 15) is 10.1 Å². The summed E-state index contributed by atoms with van der Waals surface area (Å²) in [5.74, 6) is 0. The van der Waals surface area contributed by atoms with Crippen LogP contribution < -0.4 is 10.6 Å². The second kappa shape index (κ2) is 5.82. The van der Waals surface area contributed by atoms with Crippen molar-refractivity contribution < 1.29 is 4.92 Å². The van der Waals surface area contributed by atoms with E-state index in [1.165, 1.54) is 19.3 Å². The van der Waals surface area contributed by atoms with E-state index in [0.717, 1.165) is 24.3 Å². The minimum atomic E-state index is -0.358. The summed E-state index contributed by atoms with van der Waals surface area (Å²) < 4.78 is 0. The zero-order valence-corrected chi connectivity index (χ0v) is 10.6. The molecule has 98 valence electrons. The molecule has 0 aliphatic carbocycles. The van der Waals surface area contributed by atoms with Gasteiger partial charge >= 0.3 is 0 Å². The van der Waals surface area contributed by atoms with Crippen molar-refractivity contribution in [3.8, 4) is 0 Å². The average Bonchev–Trinajstić information content (AvgIpc) is 2.38. The number of benzene rings is 1. The van der Waals surface area contributed by atoms with Gasteiger partial charge in [0.15, 0.2) is 0 Å². The fraction of sp³-hybridized carbons (Fsp3) is 0.538. The number of nitro groups is 1. The Morgan fingerprint density at radius 2 is 2.33 bits per heavy atom. The lowest BCUT2D eigenvalue weighted by Crippen LogP contribution is -2.39. The van der Waals surface area contributed by atoms with Gasteiger partial charge in [-0.2, -0.15) is 0 Å². The van der Waals surface area contributed by atoms with Crippen molar-refractivity contribution in [2.24, 2.45) is 0 Å². The van der Waals surface area contributed by atoms with E-state index in [1.54, 1.807) is 18.2 Å². The molecule has 1 aliphatic rings. The molecule has 0 bridgehead atoms. The van der Waals surface area contributed by atoms with Crippen LogP contribution in [0.2, 0.25) is 0 Å². The van der Waals surface area contributed by atoms with Gasteiger partial charge in [-0.1, -0.05) is 12.5 Å². The normalized spacial score (nSPS) is 19.5. The number of nitro benzene ring substituents is 1. The van der Waals surface area contributed by atoms with Gasteiger partial charge in [0.25, 0.3) is 5.69 Å². The number of rotatable bonds is 4. The van der Waals surface area contributed by atoms with Gasteiger partial charge in [-0.15, -0.1) is 0 Å². The first-order chi connectivity index (χ1) is 8.66. The van der Waals surface area contributed by atoms with Gasteiger partial charge in [0.1, 0.15) is 0 Å². The van der Waals surface area contributed by atoms with Gasteiger partial charge in [-0.3, -0.25) is 10.1 Å². The molecule has 1 aromatic carbocycles. The molecule has 0 spiro atoms. The van der Waals surface area contributed by atoms with Gasteiger partial charge in [-0.05, 0) is 31.9 Å². The number of aryl methyl sites for hydroxylation is 1. The van der Waals surface area contributed by atoms with Gasteiger partial charge in [-0.25, -0.2) is 0 Å². The lowest BCUT2D eigenvalue weighted by Gasteiger charge is -2.24. The first kappa shape index (κ1) is 12.8. The minimum absolute atomic E-state index is 0.139. The molecule has 2 rings (SSSR count). The number of nitrogens with one attached hydrogen (secondary N) is 2. The third-order valence-electron chi connectivity index (χ3n) is 3.38. The molecule has 0 saturated carbocycles. The fourth-order valence-electron chi connectivity index (χ4n) is 2.25. The molecular weight excluding hydrogens is 230 g/mol. The van der Waals surface area contributed by atoms with Crippen molar-refractivity contribution >= 4 is 11.4 Å². The molecular formula is C13H19N3O2. The molecule has 0 radical (unpaired) electrons. The SMILES string of the molecule is Cc1ccc([N+](=O)[O-])cc1NCC1CCCCN1. The summed E-state index contributed by atoms with van der Waals surface area (Å²) in [6.45, 7) is 3.85. The topological polar surface area (TPSA) is 67.2 Å². The van der Waals surface area contributed by atoms with Gasteiger partial charge in [0.2, 0.25) is 0 Å². The summed E-state index contributed by atoms with van der Waals surface area (Å²) in [6, 6.07) is 5.41. The number of hydrogen-bond donors (Lipinski definition) is 2. The van der Waals surface area contributed by atoms with E-state index in [4.69, 9.17) is 0 Å². The molecule has 5 heteroatoms. The Morgan fingerprint density at radius 3 is 3.00 bits per heavy atom. The molecule has 1 aliphatic heterocycles. The van der Waals surface area contributed by atoms with E-state index in [1.807, 2.05) is 6.92 Å². The number of nitrogens with zero attached hydrogens (tertiary/aromatic N) is 1. The summed E-state index contributed by atoms with van der Waals surface area (Å²) in [7, 11) is 0. The Labute approximate surface area is 107 Å². The van der Waals surface area contributed by atoms with Crippen molar-refractivity contribution in [3.05, 3.63) is 33.9 Å². The van der Waals surface area contributed by atoms with Crippen LogP contribution in [0, 0.1) is 17.0 Å². The van der Waals surface area contributed by atoms with E-state index in [-0.39, 0.29) is 10.6 Å². The number of non-ortho nitro benzene ring substituents is 1. The predicted octanol–water partition coefficient (Wildman–Crippen LogP) is 2.46. The molecule has 1 fully saturated rings. The van der Waals surface area contributed by atoms with Crippen LogP contribution in [0.25, 0.3) is 0 Å². The van der Waals surface area contributed by atoms with Crippen LogP contribution >= 0.6 is 0 Å². The largest absolute Gasteiger partial charge is 0.383 e. The van der Waals surface area contributed by atoms with Crippen LogP contribution in [0.3, 0.4) is 0 Å². The number of hydrogen-bond acceptors (Lipinski definition) is 4. The Bertz CT molecular complexity index is 428. The van der Waals surface area contributed by atoms with Gasteiger partial charge in [0.05, 0.1) is 4.92 Å². The molecule has 1 aromatic rings. The first-order valence-corrected chi connectivity index (χ1v) is 6.39. The Kier molecular flexibility index (Phi) is 4.15. The fourth-order valence-corrected chi connectivity index (χ4v) is 2.25. The molecule has 1 heterocycles. The van der Waals surface area contributed by atoms with Gasteiger partial charge in [0, 0.05) is 30.4 Å². The Morgan fingerprint density at radius 1 is 1.50 bits per heavy atom. The highest BCUT2D eigenvalue weighted by Gasteiger charge is 2.13.